The molecule has 232 valence electrons. The van der Waals surface area contributed by atoms with Crippen LogP contribution < -0.4 is 9.62 Å². The molecule has 0 spiro atoms. The lowest BCUT2D eigenvalue weighted by molar-refractivity contribution is -0.140. The zero-order valence-electron chi connectivity index (χ0n) is 24.2. The molecule has 0 saturated carbocycles. The Morgan fingerprint density at radius 1 is 0.977 bits per heavy atom. The number of benzene rings is 3. The summed E-state index contributed by atoms with van der Waals surface area (Å²) in [6.07, 6.45) is -2.33. The topological polar surface area (TPSA) is 86.8 Å². The second kappa shape index (κ2) is 14.7. The Labute approximate surface area is 255 Å². The highest BCUT2D eigenvalue weighted by Crippen LogP contribution is 2.36. The second-order valence-corrected chi connectivity index (χ2v) is 12.6. The van der Waals surface area contributed by atoms with Gasteiger partial charge in [-0.1, -0.05) is 85.1 Å². The molecule has 3 aromatic carbocycles. The molecule has 0 saturated heterocycles. The predicted octanol–water partition coefficient (Wildman–Crippen LogP) is 5.99. The Balaban J connectivity index is 2.10. The van der Waals surface area contributed by atoms with E-state index >= 15 is 0 Å². The van der Waals surface area contributed by atoms with E-state index in [1.807, 2.05) is 44.2 Å². The Bertz CT molecular complexity index is 1520. The van der Waals surface area contributed by atoms with Gasteiger partial charge in [-0.15, -0.1) is 0 Å². The van der Waals surface area contributed by atoms with Gasteiger partial charge in [0, 0.05) is 19.5 Å². The number of halogens is 4. The van der Waals surface area contributed by atoms with Crippen molar-refractivity contribution in [2.24, 2.45) is 0 Å². The summed E-state index contributed by atoms with van der Waals surface area (Å²) in [4.78, 5) is 29.0. The van der Waals surface area contributed by atoms with Gasteiger partial charge in [-0.3, -0.25) is 13.9 Å². The molecule has 7 nitrogen and oxygen atoms in total. The number of carbonyl (C=O) groups is 2. The number of anilines is 1. The van der Waals surface area contributed by atoms with Gasteiger partial charge in [0.05, 0.1) is 22.5 Å². The van der Waals surface area contributed by atoms with Crippen molar-refractivity contribution < 1.29 is 31.2 Å². The van der Waals surface area contributed by atoms with E-state index in [0.717, 1.165) is 35.9 Å². The van der Waals surface area contributed by atoms with Crippen LogP contribution in [0.3, 0.4) is 0 Å². The van der Waals surface area contributed by atoms with Crippen LogP contribution in [0.5, 0.6) is 0 Å². The number of alkyl halides is 3. The quantitative estimate of drug-likeness (QED) is 0.233. The average Bonchev–Trinajstić information content (AvgIpc) is 2.93. The summed E-state index contributed by atoms with van der Waals surface area (Å²) in [7, 11) is -4.30. The molecular weight excluding hydrogens is 603 g/mol. The minimum Gasteiger partial charge on any atom is -0.354 e. The van der Waals surface area contributed by atoms with Crippen molar-refractivity contribution in [3.8, 4) is 0 Å². The molecule has 2 amide bonds. The summed E-state index contributed by atoms with van der Waals surface area (Å²) in [6.45, 7) is 3.30. The molecule has 0 aromatic heterocycles. The predicted molar refractivity (Wildman–Crippen MR) is 162 cm³/mol. The van der Waals surface area contributed by atoms with Crippen LogP contribution >= 0.6 is 11.6 Å². The Hall–Kier alpha value is -3.57. The van der Waals surface area contributed by atoms with E-state index in [2.05, 4.69) is 5.32 Å². The van der Waals surface area contributed by atoms with Gasteiger partial charge in [-0.2, -0.15) is 13.2 Å². The third kappa shape index (κ3) is 9.72. The lowest BCUT2D eigenvalue weighted by atomic mass is 10.0. The molecule has 0 aliphatic heterocycles. The number of rotatable bonds is 13. The zero-order valence-corrected chi connectivity index (χ0v) is 25.8. The van der Waals surface area contributed by atoms with Gasteiger partial charge in [-0.25, -0.2) is 8.42 Å². The van der Waals surface area contributed by atoms with E-state index in [1.54, 1.807) is 24.3 Å². The Morgan fingerprint density at radius 3 is 2.26 bits per heavy atom. The maximum Gasteiger partial charge on any atom is 0.416 e. The molecular formula is C31H35ClF3N3O4S. The van der Waals surface area contributed by atoms with Crippen molar-refractivity contribution in [3.05, 3.63) is 100 Å². The van der Waals surface area contributed by atoms with Crippen molar-refractivity contribution in [1.82, 2.24) is 10.2 Å². The fourth-order valence-corrected chi connectivity index (χ4v) is 5.67. The maximum atomic E-state index is 14.1. The number of hydrogen-bond acceptors (Lipinski definition) is 4. The van der Waals surface area contributed by atoms with Gasteiger partial charge in [0.1, 0.15) is 12.6 Å². The molecule has 0 bridgehead atoms. The van der Waals surface area contributed by atoms with Crippen molar-refractivity contribution in [1.29, 1.82) is 0 Å². The molecule has 43 heavy (non-hydrogen) atoms. The van der Waals surface area contributed by atoms with Gasteiger partial charge in [0.25, 0.3) is 0 Å². The number of nitrogens with one attached hydrogen (secondary N) is 1. The van der Waals surface area contributed by atoms with E-state index in [1.165, 1.54) is 4.90 Å². The van der Waals surface area contributed by atoms with Crippen molar-refractivity contribution in [2.45, 2.75) is 51.9 Å². The molecule has 0 heterocycles. The standard InChI is InChI=1S/C31H35ClF3N3O4S/c1-4-5-16-36-30(40)28(18-23-11-7-6-8-12-23)37(20-24-13-9-10-22(2)17-24)29(39)21-38(43(3,41)42)27-19-25(31(33,34)35)14-15-26(27)32/h6-15,17,19,28H,4-5,16,18,20-21H2,1-3H3,(H,36,40)/t28-/m0/s1. The van der Waals surface area contributed by atoms with Crippen LogP contribution in [0.15, 0.2) is 72.8 Å². The molecule has 3 aromatic rings. The number of aryl methyl sites for hydroxylation is 1. The van der Waals surface area contributed by atoms with Crippen LogP contribution in [0, 0.1) is 6.92 Å². The van der Waals surface area contributed by atoms with E-state index in [-0.39, 0.29) is 18.0 Å². The maximum absolute atomic E-state index is 14.1. The van der Waals surface area contributed by atoms with Crippen LogP contribution in [0.2, 0.25) is 5.02 Å². The molecule has 0 unspecified atom stereocenters. The average molecular weight is 638 g/mol. The van der Waals surface area contributed by atoms with Crippen LogP contribution in [0.4, 0.5) is 18.9 Å². The number of amides is 2. The third-order valence-corrected chi connectivity index (χ3v) is 8.20. The summed E-state index contributed by atoms with van der Waals surface area (Å²) in [5.41, 5.74) is 0.749. The smallest absolute Gasteiger partial charge is 0.354 e. The first-order valence-corrected chi connectivity index (χ1v) is 15.9. The van der Waals surface area contributed by atoms with Gasteiger partial charge in [-0.05, 0) is 42.7 Å². The monoisotopic (exact) mass is 637 g/mol. The zero-order chi connectivity index (χ0) is 31.8. The van der Waals surface area contributed by atoms with Crippen molar-refractivity contribution in [3.63, 3.8) is 0 Å². The molecule has 1 N–H and O–H groups in total. The fourth-order valence-electron chi connectivity index (χ4n) is 4.54. The first-order chi connectivity index (χ1) is 20.2. The SMILES string of the molecule is CCCCNC(=O)[C@H](Cc1ccccc1)N(Cc1cccc(C)c1)C(=O)CN(c1cc(C(F)(F)F)ccc1Cl)S(C)(=O)=O. The van der Waals surface area contributed by atoms with Gasteiger partial charge >= 0.3 is 6.18 Å². The van der Waals surface area contributed by atoms with Crippen LogP contribution in [0.25, 0.3) is 0 Å². The first kappa shape index (κ1) is 33.9. The normalized spacial score (nSPS) is 12.4. The molecule has 0 aliphatic carbocycles. The molecule has 3 rings (SSSR count). The van der Waals surface area contributed by atoms with Crippen molar-refractivity contribution in [2.75, 3.05) is 23.7 Å². The second-order valence-electron chi connectivity index (χ2n) is 10.3. The fraction of sp³-hybridized carbons (Fsp3) is 0.355. The minimum atomic E-state index is -4.78. The summed E-state index contributed by atoms with van der Waals surface area (Å²) in [6, 6.07) is 17.5. The largest absolute Gasteiger partial charge is 0.416 e. The summed E-state index contributed by atoms with van der Waals surface area (Å²) >= 11 is 6.19. The lowest BCUT2D eigenvalue weighted by Gasteiger charge is -2.34. The van der Waals surface area contributed by atoms with Crippen LogP contribution in [-0.4, -0.2) is 50.5 Å². The molecule has 0 aliphatic rings. The molecule has 0 fully saturated rings. The lowest BCUT2D eigenvalue weighted by Crippen LogP contribution is -2.53. The van der Waals surface area contributed by atoms with Crippen LogP contribution in [-0.2, 0) is 38.8 Å². The van der Waals surface area contributed by atoms with Crippen molar-refractivity contribution >= 4 is 39.1 Å². The van der Waals surface area contributed by atoms with Crippen LogP contribution in [0.1, 0.15) is 42.0 Å². The number of nitrogens with zero attached hydrogens (tertiary/aromatic N) is 2. The first-order valence-electron chi connectivity index (χ1n) is 13.7. The number of hydrogen-bond donors (Lipinski definition) is 1. The number of carbonyl (C=O) groups excluding carboxylic acids is 2. The minimum absolute atomic E-state index is 0.0485. The molecule has 12 heteroatoms. The molecule has 1 atom stereocenters. The molecule has 0 radical (unpaired) electrons. The van der Waals surface area contributed by atoms with E-state index in [9.17, 15) is 31.2 Å². The van der Waals surface area contributed by atoms with E-state index < -0.39 is 51.9 Å². The highest BCUT2D eigenvalue weighted by atomic mass is 35.5. The van der Waals surface area contributed by atoms with E-state index in [4.69, 9.17) is 11.6 Å². The summed E-state index contributed by atoms with van der Waals surface area (Å²) < 4.78 is 66.9. The van der Waals surface area contributed by atoms with Gasteiger partial charge in [0.2, 0.25) is 21.8 Å². The highest BCUT2D eigenvalue weighted by molar-refractivity contribution is 7.92. The summed E-state index contributed by atoms with van der Waals surface area (Å²) in [5, 5.41) is 2.59. The van der Waals surface area contributed by atoms with E-state index in [0.29, 0.717) is 28.9 Å². The van der Waals surface area contributed by atoms with Gasteiger partial charge in [0.15, 0.2) is 0 Å². The highest BCUT2D eigenvalue weighted by Gasteiger charge is 2.35. The summed E-state index contributed by atoms with van der Waals surface area (Å²) in [5.74, 6) is -1.21. The Kier molecular flexibility index (Phi) is 11.6. The number of unbranched alkanes of at least 4 members (excludes halogenated alkanes) is 1. The number of sulfonamides is 1. The Morgan fingerprint density at radius 2 is 1.65 bits per heavy atom. The third-order valence-electron chi connectivity index (χ3n) is 6.76. The van der Waals surface area contributed by atoms with Gasteiger partial charge < -0.3 is 10.2 Å².